The first-order valence-electron chi connectivity index (χ1n) is 5.29. The van der Waals surface area contributed by atoms with Crippen LogP contribution in [0.5, 0.6) is 0 Å². The van der Waals surface area contributed by atoms with E-state index in [1.54, 1.807) is 0 Å². The van der Waals surface area contributed by atoms with Gasteiger partial charge in [0.05, 0.1) is 0 Å². The van der Waals surface area contributed by atoms with Crippen LogP contribution >= 0.6 is 12.4 Å². The molecule has 0 aromatic carbocycles. The van der Waals surface area contributed by atoms with Gasteiger partial charge in [0.15, 0.2) is 0 Å². The van der Waals surface area contributed by atoms with Gasteiger partial charge in [0.1, 0.15) is 6.10 Å². The molecule has 0 radical (unpaired) electrons. The number of carbonyl (C=O) groups excluding carboxylic acids is 1. The third-order valence-electron chi connectivity index (χ3n) is 2.55. The van der Waals surface area contributed by atoms with E-state index in [0.717, 1.165) is 19.6 Å². The Balaban J connectivity index is 0.00000196. The van der Waals surface area contributed by atoms with Crippen LogP contribution in [-0.2, 0) is 9.53 Å². The van der Waals surface area contributed by atoms with Crippen LogP contribution in [0.2, 0.25) is 0 Å². The second-order valence-electron chi connectivity index (χ2n) is 3.68. The molecule has 1 N–H and O–H groups in total. The zero-order valence-corrected chi connectivity index (χ0v) is 10.5. The molecule has 2 atom stereocenters. The second kappa shape index (κ2) is 7.04. The van der Waals surface area contributed by atoms with Gasteiger partial charge in [-0.3, -0.25) is 4.79 Å². The number of nitrogens with one attached hydrogen (secondary N) is 1. The fourth-order valence-electron chi connectivity index (χ4n) is 1.72. The van der Waals surface area contributed by atoms with E-state index in [1.807, 2.05) is 18.7 Å². The van der Waals surface area contributed by atoms with Crippen molar-refractivity contribution in [3.63, 3.8) is 0 Å². The minimum Gasteiger partial charge on any atom is -0.369 e. The van der Waals surface area contributed by atoms with Crippen molar-refractivity contribution in [3.8, 4) is 0 Å². The van der Waals surface area contributed by atoms with Crippen molar-refractivity contribution in [1.29, 1.82) is 0 Å². The molecule has 0 spiro atoms. The Labute approximate surface area is 97.8 Å². The number of ether oxygens (including phenoxy) is 1. The highest BCUT2D eigenvalue weighted by Crippen LogP contribution is 2.06. The Morgan fingerprint density at radius 1 is 1.67 bits per heavy atom. The van der Waals surface area contributed by atoms with E-state index < -0.39 is 0 Å². The zero-order chi connectivity index (χ0) is 10.6. The predicted molar refractivity (Wildman–Crippen MR) is 62.4 cm³/mol. The van der Waals surface area contributed by atoms with Crippen molar-refractivity contribution < 1.29 is 9.53 Å². The minimum absolute atomic E-state index is 0. The van der Waals surface area contributed by atoms with Crippen LogP contribution in [0.4, 0.5) is 0 Å². The average molecular weight is 237 g/mol. The molecule has 90 valence electrons. The van der Waals surface area contributed by atoms with Crippen molar-refractivity contribution in [2.45, 2.75) is 32.9 Å². The minimum atomic E-state index is -0.305. The quantitative estimate of drug-likeness (QED) is 0.783. The largest absolute Gasteiger partial charge is 0.369 e. The van der Waals surface area contributed by atoms with Gasteiger partial charge < -0.3 is 15.0 Å². The van der Waals surface area contributed by atoms with Crippen molar-refractivity contribution in [1.82, 2.24) is 10.2 Å². The van der Waals surface area contributed by atoms with Crippen LogP contribution in [0.1, 0.15) is 20.8 Å². The van der Waals surface area contributed by atoms with Gasteiger partial charge in [0.2, 0.25) is 0 Å². The molecule has 0 saturated carbocycles. The van der Waals surface area contributed by atoms with E-state index in [4.69, 9.17) is 4.74 Å². The fourth-order valence-corrected chi connectivity index (χ4v) is 1.72. The summed E-state index contributed by atoms with van der Waals surface area (Å²) >= 11 is 0. The van der Waals surface area contributed by atoms with Crippen molar-refractivity contribution in [2.75, 3.05) is 26.2 Å². The molecule has 0 aromatic heterocycles. The summed E-state index contributed by atoms with van der Waals surface area (Å²) in [5.41, 5.74) is 0. The van der Waals surface area contributed by atoms with E-state index in [9.17, 15) is 4.79 Å². The van der Waals surface area contributed by atoms with Gasteiger partial charge in [-0.1, -0.05) is 0 Å². The summed E-state index contributed by atoms with van der Waals surface area (Å²) in [5.74, 6) is 0.112. The second-order valence-corrected chi connectivity index (χ2v) is 3.68. The summed E-state index contributed by atoms with van der Waals surface area (Å²) in [6.07, 6.45) is -0.305. The van der Waals surface area contributed by atoms with Crippen LogP contribution in [0, 0.1) is 0 Å². The van der Waals surface area contributed by atoms with E-state index >= 15 is 0 Å². The maximum atomic E-state index is 11.9. The molecule has 1 aliphatic rings. The standard InChI is InChI=1S/C10H20N2O2.ClH/c1-4-14-9(3)10(13)12-6-5-11-7-8(12)2;/h8-9,11H,4-7H2,1-3H3;1H/t8-,9?;/m1./s1. The maximum Gasteiger partial charge on any atom is 0.251 e. The Bertz CT molecular complexity index is 202. The molecule has 0 aromatic rings. The molecule has 1 fully saturated rings. The molecule has 0 bridgehead atoms. The zero-order valence-electron chi connectivity index (χ0n) is 9.66. The molecule has 0 aliphatic carbocycles. The summed E-state index contributed by atoms with van der Waals surface area (Å²) < 4.78 is 5.29. The highest BCUT2D eigenvalue weighted by atomic mass is 35.5. The van der Waals surface area contributed by atoms with E-state index in [1.165, 1.54) is 0 Å². The number of amides is 1. The molecule has 1 amide bonds. The third-order valence-corrected chi connectivity index (χ3v) is 2.55. The lowest BCUT2D eigenvalue weighted by Crippen LogP contribution is -2.54. The lowest BCUT2D eigenvalue weighted by molar-refractivity contribution is -0.145. The van der Waals surface area contributed by atoms with Gasteiger partial charge in [0, 0.05) is 32.3 Å². The number of rotatable bonds is 3. The third kappa shape index (κ3) is 3.97. The molecule has 1 aliphatic heterocycles. The summed E-state index contributed by atoms with van der Waals surface area (Å²) in [6, 6.07) is 0.277. The molecule has 1 heterocycles. The Hall–Kier alpha value is -0.320. The molecule has 1 saturated heterocycles. The number of carbonyl (C=O) groups is 1. The predicted octanol–water partition coefficient (Wildman–Crippen LogP) is 0.654. The Morgan fingerprint density at radius 3 is 2.87 bits per heavy atom. The lowest BCUT2D eigenvalue weighted by Gasteiger charge is -2.35. The molecular formula is C10H21ClN2O2. The monoisotopic (exact) mass is 236 g/mol. The summed E-state index contributed by atoms with van der Waals surface area (Å²) in [4.78, 5) is 13.8. The molecule has 1 unspecified atom stereocenters. The average Bonchev–Trinajstić information content (AvgIpc) is 2.18. The molecule has 5 heteroatoms. The number of piperazine rings is 1. The van der Waals surface area contributed by atoms with Gasteiger partial charge in [-0.15, -0.1) is 12.4 Å². The van der Waals surface area contributed by atoms with Crippen LogP contribution in [-0.4, -0.2) is 49.2 Å². The van der Waals surface area contributed by atoms with Gasteiger partial charge >= 0.3 is 0 Å². The first-order valence-corrected chi connectivity index (χ1v) is 5.29. The van der Waals surface area contributed by atoms with E-state index in [0.29, 0.717) is 6.61 Å². The smallest absolute Gasteiger partial charge is 0.251 e. The Morgan fingerprint density at radius 2 is 2.33 bits per heavy atom. The fraction of sp³-hybridized carbons (Fsp3) is 0.900. The molecule has 4 nitrogen and oxygen atoms in total. The van der Waals surface area contributed by atoms with Gasteiger partial charge in [0.25, 0.3) is 5.91 Å². The molecule has 15 heavy (non-hydrogen) atoms. The molecule has 1 rings (SSSR count). The van der Waals surface area contributed by atoms with Crippen LogP contribution in [0.25, 0.3) is 0 Å². The van der Waals surface area contributed by atoms with Crippen molar-refractivity contribution in [2.24, 2.45) is 0 Å². The number of hydrogen-bond donors (Lipinski definition) is 1. The summed E-state index contributed by atoms with van der Waals surface area (Å²) in [6.45, 7) is 8.93. The highest BCUT2D eigenvalue weighted by Gasteiger charge is 2.26. The SMILES string of the molecule is CCOC(C)C(=O)N1CCNC[C@H]1C.Cl. The summed E-state index contributed by atoms with van der Waals surface area (Å²) in [7, 11) is 0. The maximum absolute atomic E-state index is 11.9. The number of hydrogen-bond acceptors (Lipinski definition) is 3. The first kappa shape index (κ1) is 14.7. The lowest BCUT2D eigenvalue weighted by atomic mass is 10.2. The van der Waals surface area contributed by atoms with Crippen LogP contribution < -0.4 is 5.32 Å². The van der Waals surface area contributed by atoms with Gasteiger partial charge in [-0.05, 0) is 20.8 Å². The van der Waals surface area contributed by atoms with Crippen molar-refractivity contribution >= 4 is 18.3 Å². The van der Waals surface area contributed by atoms with E-state index in [-0.39, 0.29) is 30.5 Å². The summed E-state index contributed by atoms with van der Waals surface area (Å²) in [5, 5.41) is 3.26. The number of halogens is 1. The van der Waals surface area contributed by atoms with Gasteiger partial charge in [-0.25, -0.2) is 0 Å². The number of nitrogens with zero attached hydrogens (tertiary/aromatic N) is 1. The Kier molecular flexibility index (Phi) is 6.89. The van der Waals surface area contributed by atoms with Crippen LogP contribution in [0.15, 0.2) is 0 Å². The van der Waals surface area contributed by atoms with Gasteiger partial charge in [-0.2, -0.15) is 0 Å². The topological polar surface area (TPSA) is 41.6 Å². The molecular weight excluding hydrogens is 216 g/mol. The first-order chi connectivity index (χ1) is 6.66. The normalized spacial score (nSPS) is 23.1. The highest BCUT2D eigenvalue weighted by molar-refractivity contribution is 5.85. The van der Waals surface area contributed by atoms with Crippen LogP contribution in [0.3, 0.4) is 0 Å². The van der Waals surface area contributed by atoms with Crippen molar-refractivity contribution in [3.05, 3.63) is 0 Å². The van der Waals surface area contributed by atoms with E-state index in [2.05, 4.69) is 12.2 Å².